The molecule has 0 saturated heterocycles. The number of amides is 1. The lowest BCUT2D eigenvalue weighted by atomic mass is 10.1. The molecule has 0 bridgehead atoms. The Morgan fingerprint density at radius 3 is 2.76 bits per heavy atom. The Bertz CT molecular complexity index is 1300. The standard InChI is InChI=1S/C27H27N3O2S/c1-17(25-26(33-18(2)29-25)20-8-5-4-6-9-20)30(3)23(19-12-13-19)16-28-27(31)22-10-7-11-24-21(22)14-15-32-24/h4-11,14-15,19,23H,1,12-13,16H2,2-3H3,(H,28,31). The maximum absolute atomic E-state index is 13.0. The quantitative estimate of drug-likeness (QED) is 0.354. The zero-order valence-electron chi connectivity index (χ0n) is 18.9. The van der Waals surface area contributed by atoms with E-state index in [9.17, 15) is 4.79 Å². The SMILES string of the molecule is C=C(c1nc(C)sc1-c1ccccc1)N(C)C(CNC(=O)c1cccc2occc12)C1CC1. The number of carbonyl (C=O) groups is 1. The average Bonchev–Trinajstić information content (AvgIpc) is 3.41. The number of aryl methyl sites for hydroxylation is 1. The minimum Gasteiger partial charge on any atom is -0.464 e. The van der Waals surface area contributed by atoms with Crippen molar-refractivity contribution >= 4 is 33.9 Å². The van der Waals surface area contributed by atoms with Crippen LogP contribution in [0.3, 0.4) is 0 Å². The van der Waals surface area contributed by atoms with Gasteiger partial charge in [-0.2, -0.15) is 0 Å². The van der Waals surface area contributed by atoms with Gasteiger partial charge in [0.05, 0.1) is 27.4 Å². The van der Waals surface area contributed by atoms with Gasteiger partial charge in [-0.05, 0) is 49.4 Å². The van der Waals surface area contributed by atoms with Crippen LogP contribution < -0.4 is 5.32 Å². The topological polar surface area (TPSA) is 58.4 Å². The molecule has 1 aliphatic rings. The molecule has 1 N–H and O–H groups in total. The molecule has 1 fully saturated rings. The van der Waals surface area contributed by atoms with Crippen molar-refractivity contribution in [3.8, 4) is 10.4 Å². The third-order valence-electron chi connectivity index (χ3n) is 6.35. The largest absolute Gasteiger partial charge is 0.464 e. The normalized spacial score (nSPS) is 14.2. The maximum atomic E-state index is 13.0. The van der Waals surface area contributed by atoms with Crippen LogP contribution in [0, 0.1) is 12.8 Å². The highest BCUT2D eigenvalue weighted by atomic mass is 32.1. The van der Waals surface area contributed by atoms with Gasteiger partial charge >= 0.3 is 0 Å². The van der Waals surface area contributed by atoms with Crippen molar-refractivity contribution in [3.05, 3.63) is 83.7 Å². The molecule has 0 radical (unpaired) electrons. The van der Waals surface area contributed by atoms with E-state index in [2.05, 4.69) is 36.0 Å². The van der Waals surface area contributed by atoms with Crippen LogP contribution in [0.4, 0.5) is 0 Å². The smallest absolute Gasteiger partial charge is 0.252 e. The first kappa shape index (κ1) is 21.5. The van der Waals surface area contributed by atoms with Crippen LogP contribution in [-0.2, 0) is 0 Å². The van der Waals surface area contributed by atoms with Crippen molar-refractivity contribution in [2.75, 3.05) is 13.6 Å². The molecule has 1 unspecified atom stereocenters. The van der Waals surface area contributed by atoms with Gasteiger partial charge in [-0.1, -0.05) is 43.0 Å². The van der Waals surface area contributed by atoms with Gasteiger partial charge in [0.1, 0.15) is 11.3 Å². The van der Waals surface area contributed by atoms with Gasteiger partial charge in [-0.3, -0.25) is 4.79 Å². The van der Waals surface area contributed by atoms with Gasteiger partial charge in [0.25, 0.3) is 5.91 Å². The van der Waals surface area contributed by atoms with E-state index >= 15 is 0 Å². The first-order valence-corrected chi connectivity index (χ1v) is 12.0. The van der Waals surface area contributed by atoms with E-state index in [-0.39, 0.29) is 11.9 Å². The average molecular weight is 458 g/mol. The summed E-state index contributed by atoms with van der Waals surface area (Å²) in [5.41, 5.74) is 4.32. The zero-order chi connectivity index (χ0) is 22.9. The number of hydrogen-bond acceptors (Lipinski definition) is 5. The number of nitrogens with one attached hydrogen (secondary N) is 1. The predicted molar refractivity (Wildman–Crippen MR) is 134 cm³/mol. The third-order valence-corrected chi connectivity index (χ3v) is 7.36. The van der Waals surface area contributed by atoms with E-state index < -0.39 is 0 Å². The van der Waals surface area contributed by atoms with Gasteiger partial charge in [-0.25, -0.2) is 4.98 Å². The van der Waals surface area contributed by atoms with E-state index in [1.54, 1.807) is 17.6 Å². The molecule has 5 nitrogen and oxygen atoms in total. The Morgan fingerprint density at radius 1 is 1.21 bits per heavy atom. The minimum atomic E-state index is -0.0823. The Kier molecular flexibility index (Phi) is 5.77. The van der Waals surface area contributed by atoms with E-state index in [4.69, 9.17) is 9.40 Å². The molecule has 0 spiro atoms. The highest BCUT2D eigenvalue weighted by molar-refractivity contribution is 7.15. The molecule has 1 aliphatic carbocycles. The monoisotopic (exact) mass is 457 g/mol. The van der Waals surface area contributed by atoms with E-state index in [0.717, 1.165) is 50.7 Å². The fourth-order valence-electron chi connectivity index (χ4n) is 4.36. The number of furan rings is 1. The summed E-state index contributed by atoms with van der Waals surface area (Å²) in [4.78, 5) is 21.2. The van der Waals surface area contributed by atoms with Crippen molar-refractivity contribution in [2.45, 2.75) is 25.8 Å². The van der Waals surface area contributed by atoms with Crippen molar-refractivity contribution in [3.63, 3.8) is 0 Å². The van der Waals surface area contributed by atoms with Crippen LogP contribution in [0.5, 0.6) is 0 Å². The van der Waals surface area contributed by atoms with Crippen LogP contribution in [-0.4, -0.2) is 35.4 Å². The number of carbonyl (C=O) groups excluding carboxylic acids is 1. The highest BCUT2D eigenvalue weighted by Gasteiger charge is 2.35. The molecule has 168 valence electrons. The lowest BCUT2D eigenvalue weighted by molar-refractivity contribution is 0.0943. The van der Waals surface area contributed by atoms with E-state index in [1.165, 1.54) is 0 Å². The van der Waals surface area contributed by atoms with Crippen molar-refractivity contribution in [2.24, 2.45) is 5.92 Å². The zero-order valence-corrected chi connectivity index (χ0v) is 19.7. The summed E-state index contributed by atoms with van der Waals surface area (Å²) in [6, 6.07) is 17.9. The van der Waals surface area contributed by atoms with Crippen molar-refractivity contribution < 1.29 is 9.21 Å². The fraction of sp³-hybridized carbons (Fsp3) is 0.259. The van der Waals surface area contributed by atoms with Gasteiger partial charge < -0.3 is 14.6 Å². The Balaban J connectivity index is 1.35. The fourth-order valence-corrected chi connectivity index (χ4v) is 5.31. The first-order valence-electron chi connectivity index (χ1n) is 11.2. The minimum absolute atomic E-state index is 0.0823. The molecule has 4 aromatic rings. The lowest BCUT2D eigenvalue weighted by Crippen LogP contribution is -2.42. The Hall–Kier alpha value is -3.38. The molecule has 2 aromatic carbocycles. The second-order valence-corrected chi connectivity index (χ2v) is 9.79. The third kappa shape index (κ3) is 4.31. The maximum Gasteiger partial charge on any atom is 0.252 e. The molecule has 2 aromatic heterocycles. The summed E-state index contributed by atoms with van der Waals surface area (Å²) in [5, 5.41) is 5.01. The number of fused-ring (bicyclic) bond motifs is 1. The second kappa shape index (κ2) is 8.87. The number of hydrogen-bond donors (Lipinski definition) is 1. The summed E-state index contributed by atoms with van der Waals surface area (Å²) in [6.45, 7) is 7.00. The summed E-state index contributed by atoms with van der Waals surface area (Å²) < 4.78 is 5.45. The van der Waals surface area contributed by atoms with Gasteiger partial charge in [0, 0.05) is 25.0 Å². The number of aromatic nitrogens is 1. The van der Waals surface area contributed by atoms with Crippen molar-refractivity contribution in [1.29, 1.82) is 0 Å². The number of likely N-dealkylation sites (N-methyl/N-ethyl adjacent to an activating group) is 1. The van der Waals surface area contributed by atoms with Crippen LogP contribution in [0.1, 0.15) is 33.9 Å². The summed E-state index contributed by atoms with van der Waals surface area (Å²) in [7, 11) is 2.07. The summed E-state index contributed by atoms with van der Waals surface area (Å²) >= 11 is 1.69. The molecule has 6 heteroatoms. The highest BCUT2D eigenvalue weighted by Crippen LogP contribution is 2.39. The predicted octanol–water partition coefficient (Wildman–Crippen LogP) is 5.98. The Labute approximate surface area is 197 Å². The van der Waals surface area contributed by atoms with Crippen LogP contribution in [0.2, 0.25) is 0 Å². The van der Waals surface area contributed by atoms with E-state index in [1.807, 2.05) is 49.4 Å². The molecule has 1 saturated carbocycles. The first-order chi connectivity index (χ1) is 16.0. The van der Waals surface area contributed by atoms with Gasteiger partial charge in [0.15, 0.2) is 0 Å². The molecular formula is C27H27N3O2S. The van der Waals surface area contributed by atoms with Crippen LogP contribution >= 0.6 is 11.3 Å². The number of benzene rings is 2. The molecule has 5 rings (SSSR count). The molecule has 1 amide bonds. The summed E-state index contributed by atoms with van der Waals surface area (Å²) in [5.74, 6) is 0.456. The molecule has 2 heterocycles. The van der Waals surface area contributed by atoms with E-state index in [0.29, 0.717) is 18.0 Å². The number of nitrogens with zero attached hydrogens (tertiary/aromatic N) is 2. The lowest BCUT2D eigenvalue weighted by Gasteiger charge is -2.31. The van der Waals surface area contributed by atoms with Crippen molar-refractivity contribution in [1.82, 2.24) is 15.2 Å². The molecule has 1 atom stereocenters. The number of rotatable bonds is 8. The molecule has 0 aliphatic heterocycles. The number of thiazole rings is 1. The molecule has 33 heavy (non-hydrogen) atoms. The summed E-state index contributed by atoms with van der Waals surface area (Å²) in [6.07, 6.45) is 3.95. The van der Waals surface area contributed by atoms with Crippen LogP contribution in [0.25, 0.3) is 27.1 Å². The second-order valence-electron chi connectivity index (χ2n) is 8.59. The van der Waals surface area contributed by atoms with Crippen LogP contribution in [0.15, 0.2) is 71.9 Å². The molecular weight excluding hydrogens is 430 g/mol. The van der Waals surface area contributed by atoms with Gasteiger partial charge in [-0.15, -0.1) is 11.3 Å². The Morgan fingerprint density at radius 2 is 2.00 bits per heavy atom. The van der Waals surface area contributed by atoms with Gasteiger partial charge in [0.2, 0.25) is 0 Å².